The highest BCUT2D eigenvalue weighted by atomic mass is 32.2. The molecule has 9 heteroatoms. The van der Waals surface area contributed by atoms with Crippen LogP contribution in [-0.2, 0) is 26.0 Å². The summed E-state index contributed by atoms with van der Waals surface area (Å²) in [4.78, 5) is 27.4. The van der Waals surface area contributed by atoms with Crippen LogP contribution in [0.2, 0.25) is 0 Å². The molecule has 1 aliphatic rings. The smallest absolute Gasteiger partial charge is 0.246 e. The standard InChI is InChI=1S/C25H33N3O5S/c1-5-18-11-9-10-12-21(18)28-17-19(15-24(28)29)25(30)26-20-13-14-22(33-8-4)23(16-20)34(31,32)27(6-2)7-3/h9-14,16,19H,5-8,15,17H2,1-4H3,(H,26,30)/t19-/m0/s1. The lowest BCUT2D eigenvalue weighted by Gasteiger charge is -2.21. The maximum atomic E-state index is 13.2. The monoisotopic (exact) mass is 487 g/mol. The molecule has 1 heterocycles. The number of anilines is 2. The van der Waals surface area contributed by atoms with E-state index in [1.54, 1.807) is 37.8 Å². The summed E-state index contributed by atoms with van der Waals surface area (Å²) in [5.74, 6) is -0.713. The molecule has 0 bridgehead atoms. The summed E-state index contributed by atoms with van der Waals surface area (Å²) in [6.45, 7) is 8.58. The molecule has 2 aromatic carbocycles. The number of amides is 2. The van der Waals surface area contributed by atoms with Crippen molar-refractivity contribution in [2.24, 2.45) is 5.92 Å². The van der Waals surface area contributed by atoms with Gasteiger partial charge in [0.15, 0.2) is 0 Å². The first-order chi connectivity index (χ1) is 16.3. The predicted molar refractivity (Wildman–Crippen MR) is 133 cm³/mol. The number of hydrogen-bond donors (Lipinski definition) is 1. The molecule has 3 rings (SSSR count). The fraction of sp³-hybridized carbons (Fsp3) is 0.440. The van der Waals surface area contributed by atoms with E-state index in [9.17, 15) is 18.0 Å². The van der Waals surface area contributed by atoms with E-state index < -0.39 is 15.9 Å². The van der Waals surface area contributed by atoms with Crippen LogP contribution in [0.1, 0.15) is 39.7 Å². The second-order valence-corrected chi connectivity index (χ2v) is 9.97. The summed E-state index contributed by atoms with van der Waals surface area (Å²) in [6.07, 6.45) is 0.887. The summed E-state index contributed by atoms with van der Waals surface area (Å²) < 4.78 is 33.2. The average molecular weight is 488 g/mol. The first kappa shape index (κ1) is 25.7. The van der Waals surface area contributed by atoms with Crippen LogP contribution in [0, 0.1) is 5.92 Å². The first-order valence-corrected chi connectivity index (χ1v) is 13.2. The van der Waals surface area contributed by atoms with Crippen LogP contribution in [0.25, 0.3) is 0 Å². The van der Waals surface area contributed by atoms with E-state index in [1.807, 2.05) is 31.2 Å². The molecule has 0 spiro atoms. The molecule has 34 heavy (non-hydrogen) atoms. The second kappa shape index (κ2) is 11.0. The van der Waals surface area contributed by atoms with Crippen molar-refractivity contribution < 1.29 is 22.7 Å². The van der Waals surface area contributed by atoms with E-state index in [-0.39, 0.29) is 35.4 Å². The molecular formula is C25H33N3O5S. The molecule has 0 radical (unpaired) electrons. The molecule has 8 nitrogen and oxygen atoms in total. The van der Waals surface area contributed by atoms with E-state index in [2.05, 4.69) is 5.32 Å². The van der Waals surface area contributed by atoms with Crippen LogP contribution in [0.5, 0.6) is 5.75 Å². The number of para-hydroxylation sites is 1. The Kier molecular flexibility index (Phi) is 8.33. The molecule has 184 valence electrons. The average Bonchev–Trinajstić information content (AvgIpc) is 3.22. The summed E-state index contributed by atoms with van der Waals surface area (Å²) in [7, 11) is -3.80. The molecule has 0 aliphatic carbocycles. The normalized spacial score (nSPS) is 16.2. The Morgan fingerprint density at radius 2 is 1.82 bits per heavy atom. The lowest BCUT2D eigenvalue weighted by molar-refractivity contribution is -0.122. The highest BCUT2D eigenvalue weighted by Crippen LogP contribution is 2.32. The van der Waals surface area contributed by atoms with Gasteiger partial charge in [-0.3, -0.25) is 9.59 Å². The van der Waals surface area contributed by atoms with Gasteiger partial charge in [0.2, 0.25) is 21.8 Å². The quantitative estimate of drug-likeness (QED) is 0.552. The minimum absolute atomic E-state index is 0.0110. The zero-order valence-electron chi connectivity index (χ0n) is 20.2. The lowest BCUT2D eigenvalue weighted by atomic mass is 10.1. The Labute approximate surface area is 201 Å². The van der Waals surface area contributed by atoms with Crippen molar-refractivity contribution in [2.75, 3.05) is 36.5 Å². The van der Waals surface area contributed by atoms with Gasteiger partial charge in [-0.05, 0) is 43.2 Å². The summed E-state index contributed by atoms with van der Waals surface area (Å²) in [6, 6.07) is 12.3. The third-order valence-corrected chi connectivity index (χ3v) is 8.06. The number of carbonyl (C=O) groups excluding carboxylic acids is 2. The summed E-state index contributed by atoms with van der Waals surface area (Å²) in [5, 5.41) is 2.81. The van der Waals surface area contributed by atoms with E-state index in [0.29, 0.717) is 25.4 Å². The van der Waals surface area contributed by atoms with E-state index >= 15 is 0 Å². The minimum Gasteiger partial charge on any atom is -0.492 e. The van der Waals surface area contributed by atoms with Gasteiger partial charge in [-0.15, -0.1) is 0 Å². The molecule has 1 aliphatic heterocycles. The second-order valence-electron chi connectivity index (χ2n) is 8.06. The SMILES string of the molecule is CCOc1ccc(NC(=O)[C@H]2CC(=O)N(c3ccccc3CC)C2)cc1S(=O)(=O)N(CC)CC. The number of nitrogens with zero attached hydrogens (tertiary/aromatic N) is 2. The third kappa shape index (κ3) is 5.26. The zero-order chi connectivity index (χ0) is 24.9. The van der Waals surface area contributed by atoms with Crippen molar-refractivity contribution in [1.29, 1.82) is 0 Å². The third-order valence-electron chi connectivity index (χ3n) is 5.99. The Bertz CT molecular complexity index is 1140. The summed E-state index contributed by atoms with van der Waals surface area (Å²) in [5.41, 5.74) is 2.23. The highest BCUT2D eigenvalue weighted by Gasteiger charge is 2.36. The van der Waals surface area contributed by atoms with Gasteiger partial charge in [0.1, 0.15) is 10.6 Å². The Balaban J connectivity index is 1.83. The molecule has 0 saturated carbocycles. The molecule has 1 N–H and O–H groups in total. The number of benzene rings is 2. The number of rotatable bonds is 10. The molecule has 1 fully saturated rings. The Hall–Kier alpha value is -2.91. The topological polar surface area (TPSA) is 96.0 Å². The highest BCUT2D eigenvalue weighted by molar-refractivity contribution is 7.89. The van der Waals surface area contributed by atoms with Crippen molar-refractivity contribution in [3.8, 4) is 5.75 Å². The van der Waals surface area contributed by atoms with Crippen LogP contribution in [0.3, 0.4) is 0 Å². The Morgan fingerprint density at radius 1 is 1.12 bits per heavy atom. The number of nitrogens with one attached hydrogen (secondary N) is 1. The number of ether oxygens (including phenoxy) is 1. The van der Waals surface area contributed by atoms with Gasteiger partial charge in [0.05, 0.1) is 12.5 Å². The van der Waals surface area contributed by atoms with E-state index in [0.717, 1.165) is 17.7 Å². The van der Waals surface area contributed by atoms with Gasteiger partial charge in [-0.2, -0.15) is 4.31 Å². The molecule has 0 aromatic heterocycles. The lowest BCUT2D eigenvalue weighted by Crippen LogP contribution is -2.31. The maximum absolute atomic E-state index is 13.2. The number of hydrogen-bond acceptors (Lipinski definition) is 5. The zero-order valence-corrected chi connectivity index (χ0v) is 21.0. The molecular weight excluding hydrogens is 454 g/mol. The fourth-order valence-electron chi connectivity index (χ4n) is 4.20. The molecule has 2 amide bonds. The first-order valence-electron chi connectivity index (χ1n) is 11.7. The largest absolute Gasteiger partial charge is 0.492 e. The predicted octanol–water partition coefficient (Wildman–Crippen LogP) is 3.67. The van der Waals surface area contributed by atoms with Crippen LogP contribution in [0.15, 0.2) is 47.4 Å². The van der Waals surface area contributed by atoms with Gasteiger partial charge in [0, 0.05) is 37.4 Å². The number of aryl methyl sites for hydroxylation is 1. The van der Waals surface area contributed by atoms with E-state index in [1.165, 1.54) is 10.4 Å². The van der Waals surface area contributed by atoms with Crippen molar-refractivity contribution >= 4 is 33.2 Å². The van der Waals surface area contributed by atoms with Crippen molar-refractivity contribution in [3.05, 3.63) is 48.0 Å². The van der Waals surface area contributed by atoms with Gasteiger partial charge >= 0.3 is 0 Å². The van der Waals surface area contributed by atoms with Gasteiger partial charge in [-0.1, -0.05) is 39.0 Å². The number of carbonyl (C=O) groups is 2. The molecule has 1 atom stereocenters. The van der Waals surface area contributed by atoms with Gasteiger partial charge in [0.25, 0.3) is 0 Å². The van der Waals surface area contributed by atoms with E-state index in [4.69, 9.17) is 4.74 Å². The van der Waals surface area contributed by atoms with Crippen molar-refractivity contribution in [1.82, 2.24) is 4.31 Å². The van der Waals surface area contributed by atoms with Crippen LogP contribution in [-0.4, -0.2) is 50.8 Å². The van der Waals surface area contributed by atoms with Crippen LogP contribution in [0.4, 0.5) is 11.4 Å². The van der Waals surface area contributed by atoms with Crippen LogP contribution >= 0.6 is 0 Å². The Morgan fingerprint density at radius 3 is 2.47 bits per heavy atom. The van der Waals surface area contributed by atoms with Crippen LogP contribution < -0.4 is 15.0 Å². The maximum Gasteiger partial charge on any atom is 0.246 e. The summed E-state index contributed by atoms with van der Waals surface area (Å²) >= 11 is 0. The fourth-order valence-corrected chi connectivity index (χ4v) is 5.81. The molecule has 1 saturated heterocycles. The van der Waals surface area contributed by atoms with Crippen molar-refractivity contribution in [3.63, 3.8) is 0 Å². The van der Waals surface area contributed by atoms with Crippen molar-refractivity contribution in [2.45, 2.75) is 45.4 Å². The minimum atomic E-state index is -3.80. The van der Waals surface area contributed by atoms with Gasteiger partial charge < -0.3 is 15.0 Å². The molecule has 0 unspecified atom stereocenters. The number of sulfonamides is 1. The van der Waals surface area contributed by atoms with Gasteiger partial charge in [-0.25, -0.2) is 8.42 Å². The molecule has 2 aromatic rings.